The zero-order valence-corrected chi connectivity index (χ0v) is 10.0. The molecule has 3 aliphatic rings. The molecule has 3 aliphatic carbocycles. The Bertz CT molecular complexity index is 599. The molecule has 1 fully saturated rings. The van der Waals surface area contributed by atoms with Crippen LogP contribution in [-0.4, -0.2) is 12.9 Å². The zero-order valence-electron chi connectivity index (χ0n) is 10.0. The van der Waals surface area contributed by atoms with Crippen LogP contribution in [0.2, 0.25) is 0 Å². The van der Waals surface area contributed by atoms with Gasteiger partial charge in [0.1, 0.15) is 11.4 Å². The van der Waals surface area contributed by atoms with Crippen molar-refractivity contribution in [1.82, 2.24) is 0 Å². The number of benzene rings is 1. The summed E-state index contributed by atoms with van der Waals surface area (Å²) in [5, 5.41) is 0. The van der Waals surface area contributed by atoms with Gasteiger partial charge in [-0.05, 0) is 12.8 Å². The molecule has 0 saturated heterocycles. The molecule has 0 N–H and O–H groups in total. The lowest BCUT2D eigenvalue weighted by atomic mass is 9.63. The summed E-state index contributed by atoms with van der Waals surface area (Å²) >= 11 is 0. The number of halogens is 4. The number of ether oxygens (including phenoxy) is 1. The molecule has 2 unspecified atom stereocenters. The van der Waals surface area contributed by atoms with E-state index in [0.717, 1.165) is 0 Å². The van der Waals surface area contributed by atoms with E-state index in [1.54, 1.807) is 0 Å². The van der Waals surface area contributed by atoms with Crippen molar-refractivity contribution >= 4 is 5.78 Å². The Morgan fingerprint density at radius 1 is 1.11 bits per heavy atom. The minimum absolute atomic E-state index is 0.136. The molecular weight excluding hydrogens is 264 g/mol. The summed E-state index contributed by atoms with van der Waals surface area (Å²) < 4.78 is 59.7. The maximum Gasteiger partial charge on any atom is 0.197 e. The van der Waals surface area contributed by atoms with E-state index < -0.39 is 34.8 Å². The summed E-state index contributed by atoms with van der Waals surface area (Å²) in [5.41, 5.74) is -2.08. The van der Waals surface area contributed by atoms with E-state index in [-0.39, 0.29) is 36.2 Å². The number of Topliss-reactive ketones (excluding diaryl/α,β-unsaturated/α-hetero) is 1. The second-order valence-corrected chi connectivity index (χ2v) is 4.98. The van der Waals surface area contributed by atoms with Gasteiger partial charge in [-0.1, -0.05) is 0 Å². The van der Waals surface area contributed by atoms with Crippen LogP contribution >= 0.6 is 0 Å². The minimum Gasteiger partial charge on any atom is -0.373 e. The van der Waals surface area contributed by atoms with Gasteiger partial charge in [-0.3, -0.25) is 4.79 Å². The summed E-state index contributed by atoms with van der Waals surface area (Å²) in [4.78, 5) is 11.9. The summed E-state index contributed by atoms with van der Waals surface area (Å²) in [5.74, 6) is -7.89. The second-order valence-electron chi connectivity index (χ2n) is 4.98. The van der Waals surface area contributed by atoms with Gasteiger partial charge in [0.15, 0.2) is 23.3 Å². The fourth-order valence-corrected chi connectivity index (χ4v) is 3.25. The SMILES string of the molecule is COC12CCC(C(=O)C1)c1c(F)c(F)c(F)c(F)c12. The van der Waals surface area contributed by atoms with Crippen LogP contribution in [0.3, 0.4) is 0 Å². The van der Waals surface area contributed by atoms with Gasteiger partial charge in [0, 0.05) is 30.6 Å². The Labute approximate surface area is 106 Å². The fraction of sp³-hybridized carbons (Fsp3) is 0.462. The average Bonchev–Trinajstić information content (AvgIpc) is 2.42. The third-order valence-corrected chi connectivity index (χ3v) is 4.18. The van der Waals surface area contributed by atoms with E-state index in [9.17, 15) is 22.4 Å². The first-order valence-electron chi connectivity index (χ1n) is 5.87. The number of carbonyl (C=O) groups is 1. The molecule has 1 aromatic rings. The average molecular weight is 274 g/mol. The van der Waals surface area contributed by atoms with E-state index in [4.69, 9.17) is 4.74 Å². The first-order chi connectivity index (χ1) is 8.93. The molecule has 0 aliphatic heterocycles. The molecule has 2 bridgehead atoms. The summed E-state index contributed by atoms with van der Waals surface area (Å²) in [6, 6.07) is 0. The van der Waals surface area contributed by atoms with Crippen molar-refractivity contribution in [3.8, 4) is 0 Å². The van der Waals surface area contributed by atoms with Crippen LogP contribution in [0.5, 0.6) is 0 Å². The van der Waals surface area contributed by atoms with Crippen LogP contribution in [0.25, 0.3) is 0 Å². The lowest BCUT2D eigenvalue weighted by Gasteiger charge is -2.46. The van der Waals surface area contributed by atoms with Gasteiger partial charge in [0.2, 0.25) is 0 Å². The van der Waals surface area contributed by atoms with Crippen LogP contribution < -0.4 is 0 Å². The lowest BCUT2D eigenvalue weighted by Crippen LogP contribution is -2.46. The molecule has 2 nitrogen and oxygen atoms in total. The number of hydrogen-bond acceptors (Lipinski definition) is 2. The maximum atomic E-state index is 14.0. The van der Waals surface area contributed by atoms with Crippen molar-refractivity contribution < 1.29 is 27.1 Å². The highest BCUT2D eigenvalue weighted by Crippen LogP contribution is 2.54. The molecule has 19 heavy (non-hydrogen) atoms. The number of methoxy groups -OCH3 is 1. The highest BCUT2D eigenvalue weighted by Gasteiger charge is 2.53. The normalized spacial score (nSPS) is 28.7. The largest absolute Gasteiger partial charge is 0.373 e. The van der Waals surface area contributed by atoms with Crippen molar-refractivity contribution in [3.63, 3.8) is 0 Å². The van der Waals surface area contributed by atoms with Crippen LogP contribution in [0.4, 0.5) is 17.6 Å². The van der Waals surface area contributed by atoms with Crippen molar-refractivity contribution in [1.29, 1.82) is 0 Å². The molecule has 0 aromatic heterocycles. The number of rotatable bonds is 1. The molecule has 0 amide bonds. The third-order valence-electron chi connectivity index (χ3n) is 4.18. The van der Waals surface area contributed by atoms with Gasteiger partial charge in [0.25, 0.3) is 0 Å². The van der Waals surface area contributed by atoms with Crippen LogP contribution in [0, 0.1) is 23.3 Å². The maximum absolute atomic E-state index is 14.0. The van der Waals surface area contributed by atoms with E-state index in [1.807, 2.05) is 0 Å². The van der Waals surface area contributed by atoms with Crippen LogP contribution in [0.1, 0.15) is 36.3 Å². The smallest absolute Gasteiger partial charge is 0.197 e. The van der Waals surface area contributed by atoms with Gasteiger partial charge in [-0.2, -0.15) is 0 Å². The van der Waals surface area contributed by atoms with E-state index >= 15 is 0 Å². The molecule has 0 heterocycles. The van der Waals surface area contributed by atoms with Crippen LogP contribution in [0.15, 0.2) is 0 Å². The first kappa shape index (κ1) is 12.6. The van der Waals surface area contributed by atoms with Crippen molar-refractivity contribution in [2.45, 2.75) is 30.8 Å². The van der Waals surface area contributed by atoms with Gasteiger partial charge in [-0.25, -0.2) is 17.6 Å². The predicted octanol–water partition coefficient (Wildman–Crippen LogP) is 2.93. The molecule has 2 atom stereocenters. The lowest BCUT2D eigenvalue weighted by molar-refractivity contribution is -0.137. The molecule has 6 heteroatoms. The van der Waals surface area contributed by atoms with Gasteiger partial charge in [0.05, 0.1) is 0 Å². The molecule has 0 radical (unpaired) electrons. The van der Waals surface area contributed by atoms with E-state index in [2.05, 4.69) is 0 Å². The van der Waals surface area contributed by atoms with Crippen LogP contribution in [-0.2, 0) is 15.1 Å². The first-order valence-corrected chi connectivity index (χ1v) is 5.87. The Hall–Kier alpha value is -1.43. The number of ketones is 1. The second kappa shape index (κ2) is 3.79. The molecule has 1 aromatic carbocycles. The number of fused-ring (bicyclic) bond motifs is 2. The summed E-state index contributed by atoms with van der Waals surface area (Å²) in [7, 11) is 1.25. The summed E-state index contributed by atoms with van der Waals surface area (Å²) in [6.45, 7) is 0. The topological polar surface area (TPSA) is 26.3 Å². The molecule has 102 valence electrons. The Morgan fingerprint density at radius 3 is 2.32 bits per heavy atom. The van der Waals surface area contributed by atoms with Crippen molar-refractivity contribution in [3.05, 3.63) is 34.4 Å². The number of carbonyl (C=O) groups excluding carboxylic acids is 1. The zero-order chi connectivity index (χ0) is 13.9. The van der Waals surface area contributed by atoms with Gasteiger partial charge in [-0.15, -0.1) is 0 Å². The third kappa shape index (κ3) is 1.38. The van der Waals surface area contributed by atoms with E-state index in [1.165, 1.54) is 7.11 Å². The Balaban J connectivity index is 2.41. The molecule has 0 spiro atoms. The number of hydrogen-bond donors (Lipinski definition) is 0. The highest BCUT2D eigenvalue weighted by atomic mass is 19.2. The molecule has 1 saturated carbocycles. The van der Waals surface area contributed by atoms with Gasteiger partial charge < -0.3 is 4.74 Å². The van der Waals surface area contributed by atoms with Crippen molar-refractivity contribution in [2.24, 2.45) is 0 Å². The summed E-state index contributed by atoms with van der Waals surface area (Å²) in [6.07, 6.45) is 0.401. The monoisotopic (exact) mass is 274 g/mol. The highest BCUT2D eigenvalue weighted by molar-refractivity contribution is 5.90. The minimum atomic E-state index is -1.87. The Kier molecular flexibility index (Phi) is 2.51. The predicted molar refractivity (Wildman–Crippen MR) is 56.6 cm³/mol. The van der Waals surface area contributed by atoms with E-state index in [0.29, 0.717) is 0 Å². The fourth-order valence-electron chi connectivity index (χ4n) is 3.25. The molecule has 4 rings (SSSR count). The van der Waals surface area contributed by atoms with Crippen molar-refractivity contribution in [2.75, 3.05) is 7.11 Å². The Morgan fingerprint density at radius 2 is 1.74 bits per heavy atom. The standard InChI is InChI=1S/C13H10F4O2/c1-19-13-3-2-5(6(18)4-13)7-8(13)10(15)12(17)11(16)9(7)14/h5H,2-4H2,1H3. The quantitative estimate of drug-likeness (QED) is 0.447. The molecular formula is C13H10F4O2. The van der Waals surface area contributed by atoms with Gasteiger partial charge >= 0.3 is 0 Å².